The van der Waals surface area contributed by atoms with Gasteiger partial charge < -0.3 is 9.84 Å². The first-order valence-corrected chi connectivity index (χ1v) is 3.30. The second-order valence-corrected chi connectivity index (χ2v) is 3.30. The predicted molar refractivity (Wildman–Crippen MR) is 35.2 cm³/mol. The van der Waals surface area contributed by atoms with Crippen LogP contribution in [0.15, 0.2) is 0 Å². The SMILES string of the molecule is CO[C@H]1C[C@@H](O)C1(C)C. The molecule has 0 unspecified atom stereocenters. The molecular formula is C7H14O2. The third-order valence-corrected chi connectivity index (χ3v) is 2.41. The first-order valence-electron chi connectivity index (χ1n) is 3.30. The fourth-order valence-electron chi connectivity index (χ4n) is 1.26. The van der Waals surface area contributed by atoms with Gasteiger partial charge in [-0.3, -0.25) is 0 Å². The first-order chi connectivity index (χ1) is 4.09. The largest absolute Gasteiger partial charge is 0.392 e. The van der Waals surface area contributed by atoms with Gasteiger partial charge in [0.05, 0.1) is 12.2 Å². The van der Waals surface area contributed by atoms with Crippen molar-refractivity contribution in [1.29, 1.82) is 0 Å². The summed E-state index contributed by atoms with van der Waals surface area (Å²) in [6, 6.07) is 0. The number of hydrogen-bond donors (Lipinski definition) is 1. The van der Waals surface area contributed by atoms with E-state index in [4.69, 9.17) is 4.74 Å². The Labute approximate surface area is 55.8 Å². The van der Waals surface area contributed by atoms with E-state index in [0.29, 0.717) is 0 Å². The minimum absolute atomic E-state index is 0.0191. The van der Waals surface area contributed by atoms with Crippen LogP contribution in [0.1, 0.15) is 20.3 Å². The van der Waals surface area contributed by atoms with Gasteiger partial charge in [0, 0.05) is 18.9 Å². The fraction of sp³-hybridized carbons (Fsp3) is 1.00. The molecule has 0 aromatic rings. The van der Waals surface area contributed by atoms with E-state index in [1.165, 1.54) is 0 Å². The average Bonchev–Trinajstić information content (AvgIpc) is 1.82. The van der Waals surface area contributed by atoms with Crippen molar-refractivity contribution in [2.45, 2.75) is 32.5 Å². The molecule has 0 amide bonds. The molecule has 1 N–H and O–H groups in total. The highest BCUT2D eigenvalue weighted by atomic mass is 16.5. The zero-order valence-corrected chi connectivity index (χ0v) is 6.22. The Morgan fingerprint density at radius 2 is 2.11 bits per heavy atom. The molecule has 2 nitrogen and oxygen atoms in total. The van der Waals surface area contributed by atoms with E-state index in [9.17, 15) is 5.11 Å². The van der Waals surface area contributed by atoms with E-state index in [0.717, 1.165) is 6.42 Å². The molecule has 0 aromatic carbocycles. The Kier molecular flexibility index (Phi) is 1.53. The van der Waals surface area contributed by atoms with Crippen LogP contribution < -0.4 is 0 Å². The normalized spacial score (nSPS) is 40.0. The number of aliphatic hydroxyl groups excluding tert-OH is 1. The van der Waals surface area contributed by atoms with Crippen molar-refractivity contribution in [3.05, 3.63) is 0 Å². The van der Waals surface area contributed by atoms with Gasteiger partial charge in [0.25, 0.3) is 0 Å². The topological polar surface area (TPSA) is 29.5 Å². The summed E-state index contributed by atoms with van der Waals surface area (Å²) in [5, 5.41) is 9.20. The molecule has 0 aliphatic heterocycles. The standard InChI is InChI=1S/C7H14O2/c1-7(2)5(8)4-6(7)9-3/h5-6,8H,4H2,1-3H3/t5-,6+/m1/s1. The third-order valence-electron chi connectivity index (χ3n) is 2.41. The van der Waals surface area contributed by atoms with E-state index in [-0.39, 0.29) is 17.6 Å². The molecule has 9 heavy (non-hydrogen) atoms. The summed E-state index contributed by atoms with van der Waals surface area (Å²) in [7, 11) is 1.69. The van der Waals surface area contributed by atoms with Crippen LogP contribution in [-0.2, 0) is 4.74 Å². The van der Waals surface area contributed by atoms with Crippen LogP contribution in [0.3, 0.4) is 0 Å². The maximum atomic E-state index is 9.20. The van der Waals surface area contributed by atoms with Crippen molar-refractivity contribution >= 4 is 0 Å². The number of methoxy groups -OCH3 is 1. The third kappa shape index (κ3) is 0.864. The summed E-state index contributed by atoms with van der Waals surface area (Å²) in [5.41, 5.74) is -0.0191. The quantitative estimate of drug-likeness (QED) is 0.568. The molecule has 2 heteroatoms. The van der Waals surface area contributed by atoms with Crippen molar-refractivity contribution in [2.75, 3.05) is 7.11 Å². The van der Waals surface area contributed by atoms with Crippen LogP contribution in [0.25, 0.3) is 0 Å². The van der Waals surface area contributed by atoms with Gasteiger partial charge in [-0.15, -0.1) is 0 Å². The molecular weight excluding hydrogens is 116 g/mol. The van der Waals surface area contributed by atoms with Gasteiger partial charge in [0.15, 0.2) is 0 Å². The summed E-state index contributed by atoms with van der Waals surface area (Å²) in [6.07, 6.45) is 0.888. The lowest BCUT2D eigenvalue weighted by Crippen LogP contribution is -2.53. The maximum Gasteiger partial charge on any atom is 0.0671 e. The second-order valence-electron chi connectivity index (χ2n) is 3.30. The van der Waals surface area contributed by atoms with Crippen molar-refractivity contribution in [1.82, 2.24) is 0 Å². The van der Waals surface area contributed by atoms with Gasteiger partial charge >= 0.3 is 0 Å². The van der Waals surface area contributed by atoms with Gasteiger partial charge in [-0.05, 0) is 0 Å². The zero-order valence-electron chi connectivity index (χ0n) is 6.22. The molecule has 0 heterocycles. The summed E-state index contributed by atoms with van der Waals surface area (Å²) < 4.78 is 5.11. The lowest BCUT2D eigenvalue weighted by molar-refractivity contribution is -0.162. The molecule has 0 aromatic heterocycles. The monoisotopic (exact) mass is 130 g/mol. The van der Waals surface area contributed by atoms with E-state index < -0.39 is 0 Å². The zero-order chi connectivity index (χ0) is 7.07. The molecule has 2 atom stereocenters. The van der Waals surface area contributed by atoms with Crippen LogP contribution in [0, 0.1) is 5.41 Å². The van der Waals surface area contributed by atoms with Crippen molar-refractivity contribution in [2.24, 2.45) is 5.41 Å². The highest BCUT2D eigenvalue weighted by Crippen LogP contribution is 2.41. The summed E-state index contributed by atoms with van der Waals surface area (Å²) in [4.78, 5) is 0. The molecule has 54 valence electrons. The maximum absolute atomic E-state index is 9.20. The molecule has 1 fully saturated rings. The average molecular weight is 130 g/mol. The highest BCUT2D eigenvalue weighted by molar-refractivity contribution is 4.97. The van der Waals surface area contributed by atoms with Crippen molar-refractivity contribution in [3.63, 3.8) is 0 Å². The summed E-state index contributed by atoms with van der Waals surface area (Å²) >= 11 is 0. The number of ether oxygens (including phenoxy) is 1. The fourth-order valence-corrected chi connectivity index (χ4v) is 1.26. The first kappa shape index (κ1) is 7.03. The van der Waals surface area contributed by atoms with Gasteiger partial charge in [-0.2, -0.15) is 0 Å². The molecule has 1 saturated carbocycles. The molecule has 1 aliphatic rings. The van der Waals surface area contributed by atoms with Gasteiger partial charge in [0.2, 0.25) is 0 Å². The molecule has 0 saturated heterocycles. The van der Waals surface area contributed by atoms with E-state index in [1.807, 2.05) is 13.8 Å². The lowest BCUT2D eigenvalue weighted by Gasteiger charge is -2.48. The Morgan fingerprint density at radius 1 is 1.56 bits per heavy atom. The van der Waals surface area contributed by atoms with Crippen LogP contribution >= 0.6 is 0 Å². The Balaban J connectivity index is 2.48. The van der Waals surface area contributed by atoms with Gasteiger partial charge in [0.1, 0.15) is 0 Å². The van der Waals surface area contributed by atoms with Gasteiger partial charge in [-0.1, -0.05) is 13.8 Å². The van der Waals surface area contributed by atoms with Crippen molar-refractivity contribution < 1.29 is 9.84 Å². The number of rotatable bonds is 1. The van der Waals surface area contributed by atoms with E-state index >= 15 is 0 Å². The number of aliphatic hydroxyl groups is 1. The highest BCUT2D eigenvalue weighted by Gasteiger charge is 2.47. The van der Waals surface area contributed by atoms with Crippen molar-refractivity contribution in [3.8, 4) is 0 Å². The minimum Gasteiger partial charge on any atom is -0.392 e. The smallest absolute Gasteiger partial charge is 0.0671 e. The predicted octanol–water partition coefficient (Wildman–Crippen LogP) is 0.792. The van der Waals surface area contributed by atoms with Crippen LogP contribution in [0.2, 0.25) is 0 Å². The Bertz CT molecular complexity index is 109. The Hall–Kier alpha value is -0.0800. The van der Waals surface area contributed by atoms with Crippen LogP contribution in [-0.4, -0.2) is 24.4 Å². The van der Waals surface area contributed by atoms with Gasteiger partial charge in [-0.25, -0.2) is 0 Å². The summed E-state index contributed by atoms with van der Waals surface area (Å²) in [6.45, 7) is 4.05. The van der Waals surface area contributed by atoms with Crippen LogP contribution in [0.4, 0.5) is 0 Å². The minimum atomic E-state index is -0.164. The number of hydrogen-bond acceptors (Lipinski definition) is 2. The van der Waals surface area contributed by atoms with E-state index in [1.54, 1.807) is 7.11 Å². The molecule has 1 aliphatic carbocycles. The molecule has 1 rings (SSSR count). The lowest BCUT2D eigenvalue weighted by atomic mass is 9.66. The van der Waals surface area contributed by atoms with E-state index in [2.05, 4.69) is 0 Å². The molecule has 0 bridgehead atoms. The molecule has 0 radical (unpaired) electrons. The summed E-state index contributed by atoms with van der Waals surface area (Å²) in [5.74, 6) is 0. The van der Waals surface area contributed by atoms with Crippen LogP contribution in [0.5, 0.6) is 0 Å². The second kappa shape index (κ2) is 1.96. The Morgan fingerprint density at radius 3 is 2.22 bits per heavy atom. The molecule has 0 spiro atoms.